The summed E-state index contributed by atoms with van der Waals surface area (Å²) in [6.45, 7) is 0. The summed E-state index contributed by atoms with van der Waals surface area (Å²) in [5.41, 5.74) is 2.31. The maximum Gasteiger partial charge on any atom is 0.171 e. The molecule has 3 heteroatoms. The van der Waals surface area contributed by atoms with Gasteiger partial charge >= 0.3 is 0 Å². The van der Waals surface area contributed by atoms with Gasteiger partial charge in [0.25, 0.3) is 0 Å². The van der Waals surface area contributed by atoms with Crippen molar-refractivity contribution >= 4 is 68.4 Å². The van der Waals surface area contributed by atoms with E-state index in [2.05, 4.69) is 133 Å². The van der Waals surface area contributed by atoms with Gasteiger partial charge in [0.05, 0.1) is 0 Å². The number of benzene rings is 8. The van der Waals surface area contributed by atoms with E-state index < -0.39 is 15.1 Å². The molecule has 0 heterocycles. The van der Waals surface area contributed by atoms with Gasteiger partial charge < -0.3 is 4.57 Å². The zero-order valence-electron chi connectivity index (χ0n) is 25.8. The van der Waals surface area contributed by atoms with Crippen molar-refractivity contribution in [1.82, 2.24) is 0 Å². The summed E-state index contributed by atoms with van der Waals surface area (Å²) >= 11 is 0. The van der Waals surface area contributed by atoms with Gasteiger partial charge in [-0.2, -0.15) is 0 Å². The van der Waals surface area contributed by atoms with Crippen LogP contribution in [0.5, 0.6) is 0 Å². The van der Waals surface area contributed by atoms with Gasteiger partial charge in [-0.1, -0.05) is 182 Å². The molecule has 0 unspecified atom stereocenters. The van der Waals surface area contributed by atoms with Crippen molar-refractivity contribution in [3.8, 4) is 11.1 Å². The third-order valence-corrected chi connectivity index (χ3v) is 14.4. The number of hydrogen-bond acceptors (Lipinski definition) is 1. The first-order chi connectivity index (χ1) is 23.2. The molecule has 0 spiro atoms. The summed E-state index contributed by atoms with van der Waals surface area (Å²) in [4.78, 5) is 0. The SMILES string of the molecule is O=P(c1ccccc1)(c1ccccc1)c1cc(-c2c(P(c3ccccc3)c3ccccc3)ccc3ccccc23)c2ccccc2c1. The van der Waals surface area contributed by atoms with Crippen LogP contribution < -0.4 is 31.8 Å². The smallest absolute Gasteiger partial charge is 0.171 e. The summed E-state index contributed by atoms with van der Waals surface area (Å²) in [7, 11) is -4.15. The molecule has 224 valence electrons. The van der Waals surface area contributed by atoms with Crippen molar-refractivity contribution in [2.75, 3.05) is 0 Å². The highest BCUT2D eigenvalue weighted by Gasteiger charge is 2.31. The van der Waals surface area contributed by atoms with E-state index in [1.807, 2.05) is 60.7 Å². The maximum atomic E-state index is 15.8. The summed E-state index contributed by atoms with van der Waals surface area (Å²) < 4.78 is 15.8. The van der Waals surface area contributed by atoms with Gasteiger partial charge in [-0.25, -0.2) is 0 Å². The number of rotatable bonds is 7. The molecule has 0 aliphatic rings. The Balaban J connectivity index is 1.50. The second kappa shape index (κ2) is 12.6. The Hall–Kier alpha value is -5.06. The number of fused-ring (bicyclic) bond motifs is 2. The van der Waals surface area contributed by atoms with Gasteiger partial charge in [0.2, 0.25) is 0 Å². The molecule has 0 saturated carbocycles. The molecule has 0 amide bonds. The molecule has 0 aromatic heterocycles. The Morgan fingerprint density at radius 3 is 1.43 bits per heavy atom. The van der Waals surface area contributed by atoms with Gasteiger partial charge in [-0.3, -0.25) is 0 Å². The van der Waals surface area contributed by atoms with Crippen molar-refractivity contribution in [3.05, 3.63) is 194 Å². The van der Waals surface area contributed by atoms with E-state index >= 15 is 4.57 Å². The number of hydrogen-bond donors (Lipinski definition) is 0. The zero-order valence-corrected chi connectivity index (χ0v) is 27.6. The minimum absolute atomic E-state index is 0.835. The second-order valence-corrected chi connectivity index (χ2v) is 16.6. The average Bonchev–Trinajstić information content (AvgIpc) is 3.15. The van der Waals surface area contributed by atoms with E-state index in [0.29, 0.717) is 0 Å². The van der Waals surface area contributed by atoms with Crippen LogP contribution in [0.15, 0.2) is 194 Å². The van der Waals surface area contributed by atoms with Gasteiger partial charge in [0.15, 0.2) is 7.14 Å². The lowest BCUT2D eigenvalue weighted by Crippen LogP contribution is -2.26. The Morgan fingerprint density at radius 1 is 0.383 bits per heavy atom. The minimum Gasteiger partial charge on any atom is -0.309 e. The van der Waals surface area contributed by atoms with Crippen LogP contribution in [0.3, 0.4) is 0 Å². The molecule has 8 aromatic rings. The second-order valence-electron chi connectivity index (χ2n) is 11.7. The Labute approximate surface area is 277 Å². The summed E-state index contributed by atoms with van der Waals surface area (Å²) in [5.74, 6) is 0. The first-order valence-corrected chi connectivity index (χ1v) is 18.9. The minimum atomic E-state index is -3.24. The van der Waals surface area contributed by atoms with Crippen LogP contribution >= 0.6 is 15.1 Å². The first kappa shape index (κ1) is 29.3. The summed E-state index contributed by atoms with van der Waals surface area (Å²) in [6, 6.07) is 68.0. The highest BCUT2D eigenvalue weighted by Crippen LogP contribution is 2.46. The van der Waals surface area contributed by atoms with Crippen LogP contribution in [0, 0.1) is 0 Å². The molecule has 1 nitrogen and oxygen atoms in total. The summed E-state index contributed by atoms with van der Waals surface area (Å²) in [5, 5.41) is 11.0. The van der Waals surface area contributed by atoms with Crippen LogP contribution in [0.1, 0.15) is 0 Å². The highest BCUT2D eigenvalue weighted by molar-refractivity contribution is 7.85. The Kier molecular flexibility index (Phi) is 7.88. The molecule has 0 N–H and O–H groups in total. The van der Waals surface area contributed by atoms with E-state index in [9.17, 15) is 0 Å². The lowest BCUT2D eigenvalue weighted by molar-refractivity contribution is 0.592. The van der Waals surface area contributed by atoms with Crippen LogP contribution in [0.2, 0.25) is 0 Å². The van der Waals surface area contributed by atoms with E-state index in [-0.39, 0.29) is 0 Å². The van der Waals surface area contributed by atoms with E-state index in [4.69, 9.17) is 0 Å². The van der Waals surface area contributed by atoms with Crippen LogP contribution in [-0.4, -0.2) is 0 Å². The lowest BCUT2D eigenvalue weighted by Gasteiger charge is -2.26. The third kappa shape index (κ3) is 5.33. The topological polar surface area (TPSA) is 17.1 Å². The van der Waals surface area contributed by atoms with Crippen molar-refractivity contribution in [2.45, 2.75) is 0 Å². The average molecular weight is 639 g/mol. The third-order valence-electron chi connectivity index (χ3n) is 8.90. The molecule has 47 heavy (non-hydrogen) atoms. The molecule has 0 radical (unpaired) electrons. The normalized spacial score (nSPS) is 11.7. The van der Waals surface area contributed by atoms with Crippen LogP contribution in [-0.2, 0) is 4.57 Å². The fraction of sp³-hybridized carbons (Fsp3) is 0. The van der Waals surface area contributed by atoms with E-state index in [0.717, 1.165) is 32.2 Å². The molecule has 0 bridgehead atoms. The highest BCUT2D eigenvalue weighted by atomic mass is 31.2. The molecule has 0 atom stereocenters. The van der Waals surface area contributed by atoms with Crippen molar-refractivity contribution in [1.29, 1.82) is 0 Å². The van der Waals surface area contributed by atoms with E-state index in [1.165, 1.54) is 32.2 Å². The maximum absolute atomic E-state index is 15.8. The quantitative estimate of drug-likeness (QED) is 0.159. The molecule has 8 rings (SSSR count). The molecule has 0 saturated heterocycles. The van der Waals surface area contributed by atoms with Crippen molar-refractivity contribution in [2.24, 2.45) is 0 Å². The standard InChI is InChI=1S/C44H32OP2/c45-47(37-23-9-3-10-24-37,38-25-11-4-12-26-38)39-31-34-18-14-15-27-40(34)42(32-39)44-41-28-16-13-17-33(41)29-30-43(44)46(35-19-5-1-6-20-35)36-21-7-2-8-22-36/h1-32H. The van der Waals surface area contributed by atoms with Crippen LogP contribution in [0.4, 0.5) is 0 Å². The largest absolute Gasteiger partial charge is 0.309 e. The van der Waals surface area contributed by atoms with Gasteiger partial charge in [0, 0.05) is 15.9 Å². The van der Waals surface area contributed by atoms with Gasteiger partial charge in [0.1, 0.15) is 0 Å². The van der Waals surface area contributed by atoms with Crippen molar-refractivity contribution in [3.63, 3.8) is 0 Å². The predicted molar refractivity (Wildman–Crippen MR) is 205 cm³/mol. The van der Waals surface area contributed by atoms with Crippen LogP contribution in [0.25, 0.3) is 32.7 Å². The van der Waals surface area contributed by atoms with Gasteiger partial charge in [-0.15, -0.1) is 0 Å². The zero-order chi connectivity index (χ0) is 31.6. The fourth-order valence-electron chi connectivity index (χ4n) is 6.72. The monoisotopic (exact) mass is 638 g/mol. The fourth-order valence-corrected chi connectivity index (χ4v) is 11.9. The lowest BCUT2D eigenvalue weighted by atomic mass is 9.94. The molecular formula is C44H32OP2. The van der Waals surface area contributed by atoms with Gasteiger partial charge in [-0.05, 0) is 68.6 Å². The molecular weight excluding hydrogens is 606 g/mol. The molecule has 8 aromatic carbocycles. The Morgan fingerprint density at radius 2 is 0.851 bits per heavy atom. The van der Waals surface area contributed by atoms with Crippen molar-refractivity contribution < 1.29 is 4.57 Å². The Bertz CT molecular complexity index is 2290. The van der Waals surface area contributed by atoms with E-state index in [1.54, 1.807) is 0 Å². The predicted octanol–water partition coefficient (Wildman–Crippen LogP) is 9.06. The molecule has 0 aliphatic heterocycles. The summed E-state index contributed by atoms with van der Waals surface area (Å²) in [6.07, 6.45) is 0. The molecule has 0 aliphatic carbocycles. The first-order valence-electron chi connectivity index (χ1n) is 15.9. The molecule has 0 fully saturated rings.